The highest BCUT2D eigenvalue weighted by molar-refractivity contribution is 6.83. The Morgan fingerprint density at radius 3 is 2.26 bits per heavy atom. The fraction of sp³-hybridized carbons (Fsp3) is 0.643. The number of anilines is 2. The van der Waals surface area contributed by atoms with Crippen LogP contribution in [0.25, 0.3) is 0 Å². The maximum Gasteiger partial charge on any atom is 0.351 e. The maximum absolute atomic E-state index is 13.2. The summed E-state index contributed by atoms with van der Waals surface area (Å²) in [5.74, 6) is 1.59. The van der Waals surface area contributed by atoms with Gasteiger partial charge in [-0.3, -0.25) is 4.57 Å². The molecular weight excluding hydrogens is 530 g/mol. The lowest BCUT2D eigenvalue weighted by Gasteiger charge is -2.51. The molecule has 0 aliphatic carbocycles. The highest BCUT2D eigenvalue weighted by atomic mass is 28.5. The highest BCUT2D eigenvalue weighted by Crippen LogP contribution is 2.48. The number of nitrogens with one attached hydrogen (secondary N) is 1. The predicted molar refractivity (Wildman–Crippen MR) is 155 cm³/mol. The molecule has 39 heavy (non-hydrogen) atoms. The second kappa shape index (κ2) is 10.4. The molecule has 5 rings (SSSR count). The summed E-state index contributed by atoms with van der Waals surface area (Å²) >= 11 is 0. The third-order valence-corrected chi connectivity index (χ3v) is 18.7. The van der Waals surface area contributed by atoms with E-state index in [0.717, 1.165) is 11.3 Å². The second-order valence-corrected chi connectivity index (χ2v) is 21.2. The number of aryl methyl sites for hydroxylation is 1. The summed E-state index contributed by atoms with van der Waals surface area (Å²) in [6, 6.07) is 5.83. The first-order valence-corrected chi connectivity index (χ1v) is 18.2. The molecule has 1 aromatic carbocycles. The van der Waals surface area contributed by atoms with Crippen molar-refractivity contribution in [3.05, 3.63) is 40.4 Å². The van der Waals surface area contributed by atoms with Gasteiger partial charge in [0, 0.05) is 6.42 Å². The molecule has 0 radical (unpaired) electrons. The highest BCUT2D eigenvalue weighted by Gasteiger charge is 2.60. The molecule has 9 nitrogen and oxygen atoms in total. The first-order chi connectivity index (χ1) is 18.4. The third kappa shape index (κ3) is 4.80. The maximum atomic E-state index is 13.2. The summed E-state index contributed by atoms with van der Waals surface area (Å²) in [6.07, 6.45) is 1.10. The largest absolute Gasteiger partial charge is 0.450 e. The molecule has 214 valence electrons. The number of para-hydroxylation sites is 1. The van der Waals surface area contributed by atoms with Crippen LogP contribution in [-0.4, -0.2) is 45.5 Å². The van der Waals surface area contributed by atoms with Gasteiger partial charge in [-0.1, -0.05) is 67.5 Å². The topological polar surface area (TPSA) is 93.1 Å². The van der Waals surface area contributed by atoms with Crippen molar-refractivity contribution in [2.75, 3.05) is 11.9 Å². The molecule has 3 aliphatic heterocycles. The van der Waals surface area contributed by atoms with Gasteiger partial charge in [0.25, 0.3) is 0 Å². The Kier molecular flexibility index (Phi) is 7.62. The molecule has 0 spiro atoms. The van der Waals surface area contributed by atoms with Crippen molar-refractivity contribution >= 4 is 28.6 Å². The minimum Gasteiger partial charge on any atom is -0.450 e. The molecule has 0 amide bonds. The zero-order valence-corrected chi connectivity index (χ0v) is 26.6. The Labute approximate surface area is 233 Å². The summed E-state index contributed by atoms with van der Waals surface area (Å²) in [7, 11) is -5.42. The van der Waals surface area contributed by atoms with Crippen LogP contribution in [0.2, 0.25) is 22.2 Å². The van der Waals surface area contributed by atoms with Crippen LogP contribution in [0.15, 0.2) is 29.2 Å². The fourth-order valence-electron chi connectivity index (χ4n) is 6.25. The second-order valence-electron chi connectivity index (χ2n) is 12.3. The van der Waals surface area contributed by atoms with Crippen molar-refractivity contribution in [3.8, 4) is 11.5 Å². The van der Waals surface area contributed by atoms with Crippen molar-refractivity contribution in [3.63, 3.8) is 0 Å². The molecule has 2 fully saturated rings. The molecule has 2 aromatic rings. The summed E-state index contributed by atoms with van der Waals surface area (Å²) in [5, 5.41) is 3.26. The molecule has 2 saturated heterocycles. The van der Waals surface area contributed by atoms with E-state index in [0.29, 0.717) is 30.3 Å². The van der Waals surface area contributed by atoms with Crippen molar-refractivity contribution in [1.82, 2.24) is 9.55 Å². The van der Waals surface area contributed by atoms with E-state index in [2.05, 4.69) is 65.7 Å². The normalized spacial score (nSPS) is 25.5. The van der Waals surface area contributed by atoms with E-state index >= 15 is 0 Å². The molecule has 11 heteroatoms. The van der Waals surface area contributed by atoms with Crippen LogP contribution in [0.4, 0.5) is 11.5 Å². The van der Waals surface area contributed by atoms with Crippen LogP contribution >= 0.6 is 0 Å². The van der Waals surface area contributed by atoms with Crippen molar-refractivity contribution in [2.24, 2.45) is 0 Å². The minimum absolute atomic E-state index is 0.222. The summed E-state index contributed by atoms with van der Waals surface area (Å²) in [6.45, 7) is 20.0. The van der Waals surface area contributed by atoms with Crippen LogP contribution in [-0.2, 0) is 17.7 Å². The van der Waals surface area contributed by atoms with E-state index in [4.69, 9.17) is 22.4 Å². The SMILES string of the molecule is Cc1cccc2c1Nc1nc(=O)n(C3CC4O[Si](C(C)C)(C(C)C)O[Si](C(C)C)(C(C)C)OCC4O3)cc1O2. The standard InChI is InChI=1S/C28H43N3O6Si2/c1-16(2)38(17(3)4)33-15-24-22(36-39(37-38,18(5)6)19(7)8)13-25(35-24)31-14-23-27(30-28(31)32)29-26-20(9)11-10-12-21(26)34-23/h10-12,14,16-19,22,24-25H,13,15H2,1-9H3,(H,29,30,32). The van der Waals surface area contributed by atoms with E-state index in [1.165, 1.54) is 4.57 Å². The summed E-state index contributed by atoms with van der Waals surface area (Å²) in [5.41, 5.74) is 2.39. The molecule has 0 saturated carbocycles. The van der Waals surface area contributed by atoms with Crippen LogP contribution in [0, 0.1) is 6.92 Å². The first-order valence-electron chi connectivity index (χ1n) is 14.2. The smallest absolute Gasteiger partial charge is 0.351 e. The van der Waals surface area contributed by atoms with Crippen LogP contribution < -0.4 is 15.7 Å². The van der Waals surface area contributed by atoms with E-state index in [1.807, 2.05) is 25.1 Å². The molecule has 3 unspecified atom stereocenters. The van der Waals surface area contributed by atoms with Gasteiger partial charge in [-0.25, -0.2) is 4.79 Å². The van der Waals surface area contributed by atoms with Crippen LogP contribution in [0.1, 0.15) is 73.6 Å². The number of hydrogen-bond donors (Lipinski definition) is 1. The Morgan fingerprint density at radius 2 is 1.62 bits per heavy atom. The molecule has 0 bridgehead atoms. The molecule has 3 atom stereocenters. The van der Waals surface area contributed by atoms with Gasteiger partial charge >= 0.3 is 22.8 Å². The van der Waals surface area contributed by atoms with E-state index in [1.54, 1.807) is 6.20 Å². The van der Waals surface area contributed by atoms with Gasteiger partial charge in [0.2, 0.25) is 0 Å². The summed E-state index contributed by atoms with van der Waals surface area (Å²) in [4.78, 5) is 17.6. The lowest BCUT2D eigenvalue weighted by molar-refractivity contribution is -0.0566. The third-order valence-electron chi connectivity index (χ3n) is 8.45. The molecule has 3 aliphatic rings. The van der Waals surface area contributed by atoms with Gasteiger partial charge in [-0.2, -0.15) is 4.98 Å². The number of fused-ring (bicyclic) bond motifs is 3. The Morgan fingerprint density at radius 1 is 0.949 bits per heavy atom. The van der Waals surface area contributed by atoms with Gasteiger partial charge in [-0.15, -0.1) is 0 Å². The number of benzene rings is 1. The number of hydrogen-bond acceptors (Lipinski definition) is 8. The number of nitrogens with zero attached hydrogens (tertiary/aromatic N) is 2. The molecular formula is C28H43N3O6Si2. The molecule has 1 N–H and O–H groups in total. The van der Waals surface area contributed by atoms with Crippen molar-refractivity contribution in [2.45, 2.75) is 109 Å². The average molecular weight is 574 g/mol. The van der Waals surface area contributed by atoms with Gasteiger partial charge < -0.3 is 27.8 Å². The fourth-order valence-corrected chi connectivity index (χ4v) is 17.5. The van der Waals surface area contributed by atoms with Crippen LogP contribution in [0.3, 0.4) is 0 Å². The Balaban J connectivity index is 1.48. The predicted octanol–water partition coefficient (Wildman–Crippen LogP) is 6.64. The van der Waals surface area contributed by atoms with E-state index < -0.39 is 29.0 Å². The van der Waals surface area contributed by atoms with Crippen molar-refractivity contribution < 1.29 is 22.4 Å². The lowest BCUT2D eigenvalue weighted by Crippen LogP contribution is -2.65. The van der Waals surface area contributed by atoms with Gasteiger partial charge in [0.15, 0.2) is 17.3 Å². The lowest BCUT2D eigenvalue weighted by atomic mass is 10.1. The minimum atomic E-state index is -2.76. The Hall–Kier alpha value is -2.03. The van der Waals surface area contributed by atoms with Gasteiger partial charge in [0.1, 0.15) is 12.3 Å². The Bertz CT molecular complexity index is 1260. The van der Waals surface area contributed by atoms with Crippen LogP contribution in [0.5, 0.6) is 11.5 Å². The van der Waals surface area contributed by atoms with Crippen molar-refractivity contribution in [1.29, 1.82) is 0 Å². The zero-order valence-electron chi connectivity index (χ0n) is 24.6. The monoisotopic (exact) mass is 573 g/mol. The number of ether oxygens (including phenoxy) is 2. The van der Waals surface area contributed by atoms with E-state index in [9.17, 15) is 4.79 Å². The molecule has 4 heterocycles. The van der Waals surface area contributed by atoms with Gasteiger partial charge in [-0.05, 0) is 40.7 Å². The quantitative estimate of drug-likeness (QED) is 0.339. The molecule has 1 aromatic heterocycles. The van der Waals surface area contributed by atoms with E-state index in [-0.39, 0.29) is 34.4 Å². The number of aromatic nitrogens is 2. The summed E-state index contributed by atoms with van der Waals surface area (Å²) < 4.78 is 35.4. The average Bonchev–Trinajstić information content (AvgIpc) is 3.24. The zero-order chi connectivity index (χ0) is 28.3. The van der Waals surface area contributed by atoms with Gasteiger partial charge in [0.05, 0.1) is 24.6 Å². The first kappa shape index (κ1) is 28.5. The number of rotatable bonds is 5.